The molecule has 1 amide bonds. The third-order valence-electron chi connectivity index (χ3n) is 3.03. The van der Waals surface area contributed by atoms with Crippen LogP contribution >= 0.6 is 45.2 Å². The molecule has 2 rings (SSSR count). The summed E-state index contributed by atoms with van der Waals surface area (Å²) < 4.78 is 2.21. The van der Waals surface area contributed by atoms with Crippen LogP contribution in [0.4, 0.5) is 11.4 Å². The minimum Gasteiger partial charge on any atom is -0.360 e. The van der Waals surface area contributed by atoms with Gasteiger partial charge in [-0.25, -0.2) is 0 Å². The largest absolute Gasteiger partial charge is 0.360 e. The number of carbonyl (C=O) groups is 1. The fourth-order valence-corrected chi connectivity index (χ4v) is 2.81. The van der Waals surface area contributed by atoms with Gasteiger partial charge in [-0.2, -0.15) is 5.26 Å². The molecular weight excluding hydrogens is 516 g/mol. The smallest absolute Gasteiger partial charge is 0.267 e. The molecule has 0 saturated carbocycles. The molecule has 0 radical (unpaired) electrons. The quantitative estimate of drug-likeness (QED) is 0.344. The zero-order valence-corrected chi connectivity index (χ0v) is 16.5. The predicted octanol–water partition coefficient (Wildman–Crippen LogP) is 4.66. The number of hydrogen-bond donors (Lipinski definition) is 2. The highest BCUT2D eigenvalue weighted by Crippen LogP contribution is 2.18. The van der Waals surface area contributed by atoms with Crippen molar-refractivity contribution in [3.05, 3.63) is 66.9 Å². The van der Waals surface area contributed by atoms with Crippen molar-refractivity contribution < 1.29 is 4.79 Å². The summed E-state index contributed by atoms with van der Waals surface area (Å²) in [6.07, 6.45) is 1.42. The second-order valence-electron chi connectivity index (χ2n) is 4.73. The third kappa shape index (κ3) is 5.21. The van der Waals surface area contributed by atoms with Crippen LogP contribution in [0.25, 0.3) is 0 Å². The molecule has 6 heteroatoms. The number of nitrogens with zero attached hydrogens (tertiary/aromatic N) is 1. The highest BCUT2D eigenvalue weighted by Gasteiger charge is 2.10. The van der Waals surface area contributed by atoms with Crippen LogP contribution in [0.1, 0.15) is 5.56 Å². The number of halogens is 2. The lowest BCUT2D eigenvalue weighted by Gasteiger charge is -2.08. The molecule has 2 aromatic rings. The van der Waals surface area contributed by atoms with Gasteiger partial charge in [0.15, 0.2) is 0 Å². The molecule has 0 aliphatic rings. The number of rotatable bonds is 4. The molecule has 0 bridgehead atoms. The van der Waals surface area contributed by atoms with Crippen molar-refractivity contribution in [3.63, 3.8) is 0 Å². The number of carbonyl (C=O) groups excluding carboxylic acids is 1. The Kier molecular flexibility index (Phi) is 6.41. The van der Waals surface area contributed by atoms with E-state index >= 15 is 0 Å². The average Bonchev–Trinajstić information content (AvgIpc) is 2.52. The first-order valence-electron chi connectivity index (χ1n) is 6.69. The van der Waals surface area contributed by atoms with Gasteiger partial charge in [-0.05, 0) is 100 Å². The number of nitriles is 1. The Bertz CT molecular complexity index is 792. The minimum absolute atomic E-state index is 0.0153. The van der Waals surface area contributed by atoms with Crippen LogP contribution < -0.4 is 10.6 Å². The summed E-state index contributed by atoms with van der Waals surface area (Å²) in [7, 11) is 0. The molecule has 116 valence electrons. The van der Waals surface area contributed by atoms with Gasteiger partial charge in [0, 0.05) is 24.7 Å². The Labute approximate surface area is 162 Å². The molecule has 0 heterocycles. The molecular formula is C17H13I2N3O. The Morgan fingerprint density at radius 3 is 2.39 bits per heavy atom. The molecule has 0 spiro atoms. The Hall–Kier alpha value is -1.60. The summed E-state index contributed by atoms with van der Waals surface area (Å²) in [6, 6.07) is 15.3. The first kappa shape index (κ1) is 17.7. The average molecular weight is 529 g/mol. The van der Waals surface area contributed by atoms with Gasteiger partial charge in [-0.1, -0.05) is 0 Å². The number of benzene rings is 2. The lowest BCUT2D eigenvalue weighted by atomic mass is 10.2. The molecule has 0 fully saturated rings. The van der Waals surface area contributed by atoms with Gasteiger partial charge in [0.25, 0.3) is 5.91 Å². The zero-order valence-electron chi connectivity index (χ0n) is 12.2. The van der Waals surface area contributed by atoms with Gasteiger partial charge in [0.1, 0.15) is 11.6 Å². The van der Waals surface area contributed by atoms with Gasteiger partial charge < -0.3 is 10.6 Å². The first-order chi connectivity index (χ1) is 11.0. The van der Waals surface area contributed by atoms with E-state index in [0.717, 1.165) is 18.4 Å². The van der Waals surface area contributed by atoms with E-state index in [1.165, 1.54) is 6.20 Å². The van der Waals surface area contributed by atoms with Crippen LogP contribution in [-0.4, -0.2) is 5.91 Å². The highest BCUT2D eigenvalue weighted by molar-refractivity contribution is 14.1. The number of anilines is 2. The molecule has 0 unspecified atom stereocenters. The summed E-state index contributed by atoms with van der Waals surface area (Å²) in [6.45, 7) is 1.91. The summed E-state index contributed by atoms with van der Waals surface area (Å²) in [5, 5.41) is 14.9. The summed E-state index contributed by atoms with van der Waals surface area (Å²) in [5.74, 6) is -0.435. The number of aryl methyl sites for hydroxylation is 1. The zero-order chi connectivity index (χ0) is 16.8. The summed E-state index contributed by atoms with van der Waals surface area (Å²) >= 11 is 4.43. The summed E-state index contributed by atoms with van der Waals surface area (Å²) in [5.41, 5.74) is 2.48. The minimum atomic E-state index is -0.435. The van der Waals surface area contributed by atoms with Gasteiger partial charge >= 0.3 is 0 Å². The van der Waals surface area contributed by atoms with E-state index < -0.39 is 5.91 Å². The Morgan fingerprint density at radius 1 is 1.13 bits per heavy atom. The molecule has 0 aliphatic heterocycles. The predicted molar refractivity (Wildman–Crippen MR) is 109 cm³/mol. The van der Waals surface area contributed by atoms with Crippen LogP contribution in [0.5, 0.6) is 0 Å². The Morgan fingerprint density at radius 2 is 1.78 bits per heavy atom. The van der Waals surface area contributed by atoms with Crippen molar-refractivity contribution in [2.24, 2.45) is 0 Å². The van der Waals surface area contributed by atoms with Crippen molar-refractivity contribution in [1.82, 2.24) is 0 Å². The molecule has 23 heavy (non-hydrogen) atoms. The molecule has 0 aromatic heterocycles. The fourth-order valence-electron chi connectivity index (χ4n) is 1.81. The molecule has 0 aliphatic carbocycles. The third-order valence-corrected chi connectivity index (χ3v) is 4.42. The number of amides is 1. The fraction of sp³-hybridized carbons (Fsp3) is 0.0588. The number of hydrogen-bond acceptors (Lipinski definition) is 3. The van der Waals surface area contributed by atoms with E-state index in [2.05, 4.69) is 55.8 Å². The van der Waals surface area contributed by atoms with Gasteiger partial charge in [0.2, 0.25) is 0 Å². The first-order valence-corrected chi connectivity index (χ1v) is 8.85. The van der Waals surface area contributed by atoms with Crippen LogP contribution in [0.15, 0.2) is 54.2 Å². The molecule has 2 N–H and O–H groups in total. The highest BCUT2D eigenvalue weighted by atomic mass is 127. The maximum Gasteiger partial charge on any atom is 0.267 e. The standard InChI is InChI=1S/C17H13I2N3O/c1-11-8-14(19)4-7-16(11)22-17(23)12(9-20)10-21-15-5-2-13(18)3-6-15/h2-8,10,21H,1H3,(H,22,23)/b12-10-. The van der Waals surface area contributed by atoms with E-state index in [9.17, 15) is 10.1 Å². The van der Waals surface area contributed by atoms with Gasteiger partial charge in [-0.15, -0.1) is 0 Å². The van der Waals surface area contributed by atoms with E-state index in [1.807, 2.05) is 55.5 Å². The lowest BCUT2D eigenvalue weighted by molar-refractivity contribution is -0.112. The lowest BCUT2D eigenvalue weighted by Crippen LogP contribution is -2.15. The van der Waals surface area contributed by atoms with Crippen LogP contribution in [0.2, 0.25) is 0 Å². The van der Waals surface area contributed by atoms with E-state index in [-0.39, 0.29) is 5.57 Å². The molecule has 0 atom stereocenters. The SMILES string of the molecule is Cc1cc(I)ccc1NC(=O)/C(C#N)=C\Nc1ccc(I)cc1. The Balaban J connectivity index is 2.10. The maximum atomic E-state index is 12.2. The van der Waals surface area contributed by atoms with Crippen molar-refractivity contribution in [2.75, 3.05) is 10.6 Å². The molecule has 0 saturated heterocycles. The van der Waals surface area contributed by atoms with Crippen molar-refractivity contribution in [2.45, 2.75) is 6.92 Å². The molecule has 2 aromatic carbocycles. The maximum absolute atomic E-state index is 12.2. The van der Waals surface area contributed by atoms with Crippen LogP contribution in [0, 0.1) is 25.4 Å². The second kappa shape index (κ2) is 8.31. The van der Waals surface area contributed by atoms with Crippen molar-refractivity contribution >= 4 is 62.5 Å². The monoisotopic (exact) mass is 529 g/mol. The summed E-state index contributed by atoms with van der Waals surface area (Å²) in [4.78, 5) is 12.2. The van der Waals surface area contributed by atoms with Crippen LogP contribution in [-0.2, 0) is 4.79 Å². The van der Waals surface area contributed by atoms with Crippen molar-refractivity contribution in [1.29, 1.82) is 5.26 Å². The topological polar surface area (TPSA) is 64.9 Å². The molecule has 4 nitrogen and oxygen atoms in total. The normalized spacial score (nSPS) is 10.8. The van der Waals surface area contributed by atoms with Gasteiger partial charge in [-0.3, -0.25) is 4.79 Å². The number of nitrogens with one attached hydrogen (secondary N) is 2. The second-order valence-corrected chi connectivity index (χ2v) is 7.23. The van der Waals surface area contributed by atoms with Gasteiger partial charge in [0.05, 0.1) is 0 Å². The van der Waals surface area contributed by atoms with E-state index in [4.69, 9.17) is 0 Å². The van der Waals surface area contributed by atoms with Crippen LogP contribution in [0.3, 0.4) is 0 Å². The van der Waals surface area contributed by atoms with E-state index in [0.29, 0.717) is 5.69 Å². The van der Waals surface area contributed by atoms with E-state index in [1.54, 1.807) is 0 Å². The van der Waals surface area contributed by atoms with Crippen molar-refractivity contribution in [3.8, 4) is 6.07 Å².